The summed E-state index contributed by atoms with van der Waals surface area (Å²) in [5.41, 5.74) is 3.50. The Morgan fingerprint density at radius 3 is 2.58 bits per heavy atom. The van der Waals surface area contributed by atoms with Crippen molar-refractivity contribution in [2.45, 2.75) is 32.9 Å². The minimum absolute atomic E-state index is 0.351. The summed E-state index contributed by atoms with van der Waals surface area (Å²) in [6.45, 7) is 5.76. The van der Waals surface area contributed by atoms with E-state index in [2.05, 4.69) is 25.7 Å². The molecule has 8 nitrogen and oxygen atoms in total. The normalized spacial score (nSPS) is 11.5. The molecule has 8 heteroatoms. The van der Waals surface area contributed by atoms with Gasteiger partial charge in [0.05, 0.1) is 29.2 Å². The topological polar surface area (TPSA) is 105 Å². The number of urea groups is 1. The summed E-state index contributed by atoms with van der Waals surface area (Å²) < 4.78 is 1.79. The lowest BCUT2D eigenvalue weighted by Crippen LogP contribution is -2.28. The van der Waals surface area contributed by atoms with E-state index in [1.165, 1.54) is 0 Å². The fraction of sp³-hybridized carbons (Fsp3) is 0.217. The smallest absolute Gasteiger partial charge is 0.320 e. The molecular weight excluding hydrogens is 392 g/mol. The number of rotatable bonds is 5. The van der Waals surface area contributed by atoms with Gasteiger partial charge in [-0.1, -0.05) is 24.3 Å². The first-order valence-corrected chi connectivity index (χ1v) is 9.93. The van der Waals surface area contributed by atoms with Crippen LogP contribution in [0.3, 0.4) is 0 Å². The zero-order valence-electron chi connectivity index (χ0n) is 17.6. The van der Waals surface area contributed by atoms with Crippen molar-refractivity contribution in [3.8, 4) is 5.69 Å². The summed E-state index contributed by atoms with van der Waals surface area (Å²) >= 11 is 0. The lowest BCUT2D eigenvalue weighted by Gasteiger charge is -2.18. The highest BCUT2D eigenvalue weighted by atomic mass is 16.3. The number of carbonyl (C=O) groups is 1. The number of aryl methyl sites for hydroxylation is 1. The van der Waals surface area contributed by atoms with Crippen LogP contribution >= 0.6 is 0 Å². The summed E-state index contributed by atoms with van der Waals surface area (Å²) in [4.78, 5) is 20.8. The molecule has 0 atom stereocenters. The second-order valence-electron chi connectivity index (χ2n) is 7.90. The molecule has 0 radical (unpaired) electrons. The van der Waals surface area contributed by atoms with E-state index in [1.807, 2.05) is 43.3 Å². The van der Waals surface area contributed by atoms with Crippen LogP contribution < -0.4 is 10.6 Å². The number of aliphatic hydroxyl groups is 1. The third-order valence-electron chi connectivity index (χ3n) is 4.93. The van der Waals surface area contributed by atoms with Gasteiger partial charge in [0.25, 0.3) is 0 Å². The molecule has 0 spiro atoms. The summed E-state index contributed by atoms with van der Waals surface area (Å²) in [7, 11) is 0. The second kappa shape index (κ2) is 8.16. The molecule has 0 aliphatic heterocycles. The number of hydrogen-bond acceptors (Lipinski definition) is 5. The molecular formula is C23H24N6O2. The first kappa shape index (κ1) is 20.5. The van der Waals surface area contributed by atoms with Crippen LogP contribution in [-0.2, 0) is 12.1 Å². The fourth-order valence-electron chi connectivity index (χ4n) is 3.24. The first-order chi connectivity index (χ1) is 14.8. The van der Waals surface area contributed by atoms with Gasteiger partial charge in [0.1, 0.15) is 5.82 Å². The Hall–Kier alpha value is -3.78. The molecule has 0 saturated heterocycles. The maximum Gasteiger partial charge on any atom is 0.320 e. The van der Waals surface area contributed by atoms with E-state index in [1.54, 1.807) is 43.2 Å². The largest absolute Gasteiger partial charge is 0.386 e. The maximum atomic E-state index is 12.3. The van der Waals surface area contributed by atoms with Gasteiger partial charge in [-0.3, -0.25) is 10.3 Å². The minimum atomic E-state index is -0.891. The van der Waals surface area contributed by atoms with Gasteiger partial charge in [-0.25, -0.2) is 14.5 Å². The predicted octanol–water partition coefficient (Wildman–Crippen LogP) is 3.67. The van der Waals surface area contributed by atoms with Gasteiger partial charge in [-0.2, -0.15) is 5.10 Å². The van der Waals surface area contributed by atoms with Crippen LogP contribution in [0.1, 0.15) is 30.7 Å². The minimum Gasteiger partial charge on any atom is -0.386 e. The van der Waals surface area contributed by atoms with E-state index in [9.17, 15) is 9.90 Å². The number of nitrogens with one attached hydrogen (secondary N) is 2. The van der Waals surface area contributed by atoms with Crippen molar-refractivity contribution in [3.63, 3.8) is 0 Å². The predicted molar refractivity (Wildman–Crippen MR) is 119 cm³/mol. The van der Waals surface area contributed by atoms with Gasteiger partial charge in [0.2, 0.25) is 0 Å². The number of amides is 2. The van der Waals surface area contributed by atoms with Gasteiger partial charge in [0.15, 0.2) is 0 Å². The van der Waals surface area contributed by atoms with Crippen LogP contribution in [0.5, 0.6) is 0 Å². The van der Waals surface area contributed by atoms with Gasteiger partial charge >= 0.3 is 6.03 Å². The van der Waals surface area contributed by atoms with Crippen molar-refractivity contribution in [2.75, 3.05) is 5.32 Å². The number of hydrogen-bond donors (Lipinski definition) is 3. The molecule has 3 aromatic heterocycles. The van der Waals surface area contributed by atoms with E-state index in [4.69, 9.17) is 0 Å². The van der Waals surface area contributed by atoms with Gasteiger partial charge < -0.3 is 10.4 Å². The van der Waals surface area contributed by atoms with Crippen LogP contribution in [0.25, 0.3) is 16.6 Å². The summed E-state index contributed by atoms with van der Waals surface area (Å²) in [5.74, 6) is 0.438. The van der Waals surface area contributed by atoms with Crippen LogP contribution in [-0.4, -0.2) is 30.9 Å². The number of anilines is 1. The highest BCUT2D eigenvalue weighted by Crippen LogP contribution is 2.21. The second-order valence-corrected chi connectivity index (χ2v) is 7.90. The third kappa shape index (κ3) is 4.70. The SMILES string of the molecule is Cc1cc(-n2ncc3cc(NC(=O)NCc4ccc(C(C)(C)O)cc4)ncc32)ccn1. The van der Waals surface area contributed by atoms with E-state index < -0.39 is 5.60 Å². The molecule has 0 unspecified atom stereocenters. The highest BCUT2D eigenvalue weighted by Gasteiger charge is 2.15. The molecule has 0 fully saturated rings. The van der Waals surface area contributed by atoms with Crippen molar-refractivity contribution in [3.05, 3.63) is 77.9 Å². The third-order valence-corrected chi connectivity index (χ3v) is 4.93. The fourth-order valence-corrected chi connectivity index (χ4v) is 3.24. The average molecular weight is 416 g/mol. The molecule has 2 amide bonds. The Bertz CT molecular complexity index is 1230. The standard InChI is InChI=1S/C23H24N6O2/c1-15-10-19(8-9-24-15)29-20-14-25-21(11-17(20)13-27-29)28-22(30)26-12-16-4-6-18(7-5-16)23(2,3)31/h4-11,13-14,31H,12H2,1-3H3,(H2,25,26,28,30). The molecule has 158 valence electrons. The number of carbonyl (C=O) groups excluding carboxylic acids is 1. The Morgan fingerprint density at radius 1 is 1.10 bits per heavy atom. The van der Waals surface area contributed by atoms with Crippen molar-refractivity contribution >= 4 is 22.8 Å². The first-order valence-electron chi connectivity index (χ1n) is 9.93. The lowest BCUT2D eigenvalue weighted by atomic mass is 9.97. The number of nitrogens with zero attached hydrogens (tertiary/aromatic N) is 4. The molecule has 3 heterocycles. The lowest BCUT2D eigenvalue weighted by molar-refractivity contribution is 0.0786. The molecule has 4 rings (SSSR count). The van der Waals surface area contributed by atoms with Crippen LogP contribution in [0.2, 0.25) is 0 Å². The quantitative estimate of drug-likeness (QED) is 0.460. The van der Waals surface area contributed by atoms with Crippen LogP contribution in [0, 0.1) is 6.92 Å². The Balaban J connectivity index is 1.41. The molecule has 0 saturated carbocycles. The van der Waals surface area contributed by atoms with E-state index in [0.717, 1.165) is 33.4 Å². The van der Waals surface area contributed by atoms with Crippen LogP contribution in [0.15, 0.2) is 61.1 Å². The maximum absolute atomic E-state index is 12.3. The number of fused-ring (bicyclic) bond motifs is 1. The number of aromatic nitrogens is 4. The average Bonchev–Trinajstić information content (AvgIpc) is 3.15. The molecule has 1 aromatic carbocycles. The van der Waals surface area contributed by atoms with Crippen molar-refractivity contribution in [2.24, 2.45) is 0 Å². The zero-order valence-corrected chi connectivity index (χ0v) is 17.6. The Morgan fingerprint density at radius 2 is 1.87 bits per heavy atom. The van der Waals surface area contributed by atoms with Crippen LogP contribution in [0.4, 0.5) is 10.6 Å². The van der Waals surface area contributed by atoms with E-state index in [-0.39, 0.29) is 6.03 Å². The monoisotopic (exact) mass is 416 g/mol. The van der Waals surface area contributed by atoms with Gasteiger partial charge in [-0.05, 0) is 50.1 Å². The number of benzene rings is 1. The molecule has 4 aromatic rings. The van der Waals surface area contributed by atoms with E-state index in [0.29, 0.717) is 12.4 Å². The molecule has 0 bridgehead atoms. The molecule has 0 aliphatic rings. The highest BCUT2D eigenvalue weighted by molar-refractivity contribution is 5.91. The summed E-state index contributed by atoms with van der Waals surface area (Å²) in [6.07, 6.45) is 5.16. The molecule has 31 heavy (non-hydrogen) atoms. The Labute approximate surface area is 180 Å². The molecule has 3 N–H and O–H groups in total. The van der Waals surface area contributed by atoms with Gasteiger partial charge in [-0.15, -0.1) is 0 Å². The van der Waals surface area contributed by atoms with Gasteiger partial charge in [0, 0.05) is 23.8 Å². The van der Waals surface area contributed by atoms with Crippen molar-refractivity contribution < 1.29 is 9.90 Å². The van der Waals surface area contributed by atoms with E-state index >= 15 is 0 Å². The van der Waals surface area contributed by atoms with Crippen molar-refractivity contribution in [1.82, 2.24) is 25.1 Å². The molecule has 0 aliphatic carbocycles. The number of pyridine rings is 2. The van der Waals surface area contributed by atoms with Crippen molar-refractivity contribution in [1.29, 1.82) is 0 Å². The Kier molecular flexibility index (Phi) is 5.39. The summed E-state index contributed by atoms with van der Waals surface area (Å²) in [5, 5.41) is 20.9. The zero-order chi connectivity index (χ0) is 22.0. The summed E-state index contributed by atoms with van der Waals surface area (Å²) in [6, 6.07) is 12.7.